The number of nitrogens with two attached hydrogens (primary N) is 1. The van der Waals surface area contributed by atoms with Crippen molar-refractivity contribution in [2.45, 2.75) is 19.9 Å². The third-order valence-electron chi connectivity index (χ3n) is 3.63. The maximum atomic E-state index is 6.13. The van der Waals surface area contributed by atoms with E-state index in [4.69, 9.17) is 10.5 Å². The Bertz CT molecular complexity index is 750. The molecule has 1 aromatic carbocycles. The summed E-state index contributed by atoms with van der Waals surface area (Å²) in [7, 11) is 0. The van der Waals surface area contributed by atoms with Crippen LogP contribution in [-0.4, -0.2) is 23.5 Å². The largest absolute Gasteiger partial charge is 0.494 e. The van der Waals surface area contributed by atoms with Crippen LogP contribution >= 0.6 is 0 Å². The molecule has 0 saturated carbocycles. The van der Waals surface area contributed by atoms with Gasteiger partial charge in [0.05, 0.1) is 18.3 Å². The zero-order valence-corrected chi connectivity index (χ0v) is 13.4. The number of amidine groups is 1. The lowest BCUT2D eigenvalue weighted by molar-refractivity contribution is 0.340. The second-order valence-corrected chi connectivity index (χ2v) is 5.34. The Morgan fingerprint density at radius 3 is 2.65 bits per heavy atom. The second-order valence-electron chi connectivity index (χ2n) is 5.34. The minimum Gasteiger partial charge on any atom is -0.494 e. The number of rotatable bonds is 4. The molecule has 1 unspecified atom stereocenters. The Labute approximate surface area is 136 Å². The molecule has 2 N–H and O–H groups in total. The summed E-state index contributed by atoms with van der Waals surface area (Å²) in [5, 5.41) is 0. The smallest absolute Gasteiger partial charge is 0.163 e. The molecule has 0 bridgehead atoms. The van der Waals surface area contributed by atoms with Crippen molar-refractivity contribution < 1.29 is 4.74 Å². The Morgan fingerprint density at radius 2 is 2.00 bits per heavy atom. The number of anilines is 1. The van der Waals surface area contributed by atoms with Crippen molar-refractivity contribution in [1.29, 1.82) is 0 Å². The fraction of sp³-hybridized carbons (Fsp3) is 0.222. The molecule has 5 heteroatoms. The number of benzene rings is 1. The van der Waals surface area contributed by atoms with Crippen LogP contribution in [0.1, 0.15) is 19.4 Å². The highest BCUT2D eigenvalue weighted by molar-refractivity contribution is 6.14. The van der Waals surface area contributed by atoms with Crippen LogP contribution in [0.15, 0.2) is 54.2 Å². The van der Waals surface area contributed by atoms with Crippen LogP contribution in [0.4, 0.5) is 11.5 Å². The summed E-state index contributed by atoms with van der Waals surface area (Å²) in [5.41, 5.74) is 8.80. The number of hydrogen-bond donors (Lipinski definition) is 1. The van der Waals surface area contributed by atoms with E-state index >= 15 is 0 Å². The highest BCUT2D eigenvalue weighted by Crippen LogP contribution is 2.35. The van der Waals surface area contributed by atoms with E-state index in [2.05, 4.69) is 16.6 Å². The topological polar surface area (TPSA) is 63.7 Å². The van der Waals surface area contributed by atoms with Crippen LogP contribution in [0.2, 0.25) is 0 Å². The van der Waals surface area contributed by atoms with Gasteiger partial charge in [-0.2, -0.15) is 0 Å². The first-order chi connectivity index (χ1) is 11.1. The molecule has 1 atom stereocenters. The van der Waals surface area contributed by atoms with Crippen molar-refractivity contribution in [3.63, 3.8) is 0 Å². The molecule has 118 valence electrons. The Balaban J connectivity index is 2.05. The standard InChI is InChI=1S/C18H20N4O/c1-4-23-15-9-7-14(8-10-15)22-13(3)16-6-5-11-20-17(16)21-18(22)12(2)19/h5-12H,3-4,19H2,1-2H3. The number of aliphatic imine (C=N–C) groups is 1. The monoisotopic (exact) mass is 308 g/mol. The van der Waals surface area contributed by atoms with Crippen molar-refractivity contribution in [2.24, 2.45) is 10.7 Å². The van der Waals surface area contributed by atoms with Crippen molar-refractivity contribution >= 4 is 23.0 Å². The number of pyridine rings is 1. The average molecular weight is 308 g/mol. The molecular weight excluding hydrogens is 288 g/mol. The van der Waals surface area contributed by atoms with Crippen molar-refractivity contribution in [3.8, 4) is 5.75 Å². The van der Waals surface area contributed by atoms with Gasteiger partial charge in [-0.1, -0.05) is 6.58 Å². The highest BCUT2D eigenvalue weighted by Gasteiger charge is 2.27. The predicted molar refractivity (Wildman–Crippen MR) is 94.1 cm³/mol. The van der Waals surface area contributed by atoms with E-state index in [9.17, 15) is 0 Å². The molecule has 0 amide bonds. The molecule has 5 nitrogen and oxygen atoms in total. The fourth-order valence-electron chi connectivity index (χ4n) is 2.58. The average Bonchev–Trinajstić information content (AvgIpc) is 2.56. The summed E-state index contributed by atoms with van der Waals surface area (Å²) in [6.45, 7) is 8.73. The Kier molecular flexibility index (Phi) is 4.12. The molecule has 1 aliphatic heterocycles. The van der Waals surface area contributed by atoms with Crippen molar-refractivity contribution in [3.05, 3.63) is 54.7 Å². The summed E-state index contributed by atoms with van der Waals surface area (Å²) in [6, 6.07) is 11.4. The first kappa shape index (κ1) is 15.2. The quantitative estimate of drug-likeness (QED) is 0.941. The van der Waals surface area contributed by atoms with E-state index < -0.39 is 0 Å². The highest BCUT2D eigenvalue weighted by atomic mass is 16.5. The molecule has 1 aliphatic rings. The van der Waals surface area contributed by atoms with Gasteiger partial charge in [0.25, 0.3) is 0 Å². The van der Waals surface area contributed by atoms with Crippen molar-refractivity contribution in [2.75, 3.05) is 11.5 Å². The maximum absolute atomic E-state index is 6.13. The minimum atomic E-state index is -0.242. The van der Waals surface area contributed by atoms with Gasteiger partial charge in [-0.25, -0.2) is 9.98 Å². The zero-order chi connectivity index (χ0) is 16.4. The van der Waals surface area contributed by atoms with Gasteiger partial charge in [0.2, 0.25) is 0 Å². The number of nitrogens with zero attached hydrogens (tertiary/aromatic N) is 3. The zero-order valence-electron chi connectivity index (χ0n) is 13.4. The van der Waals surface area contributed by atoms with Gasteiger partial charge in [0.15, 0.2) is 5.82 Å². The number of fused-ring (bicyclic) bond motifs is 1. The number of hydrogen-bond acceptors (Lipinski definition) is 5. The van der Waals surface area contributed by atoms with Gasteiger partial charge >= 0.3 is 0 Å². The molecule has 0 spiro atoms. The minimum absolute atomic E-state index is 0.242. The summed E-state index contributed by atoms with van der Waals surface area (Å²) in [4.78, 5) is 10.9. The lowest BCUT2D eigenvalue weighted by Crippen LogP contribution is -2.42. The van der Waals surface area contributed by atoms with E-state index in [1.165, 1.54) is 0 Å². The SMILES string of the molecule is C=C1c2cccnc2N=C(C(C)N)N1c1ccc(OCC)cc1. The first-order valence-corrected chi connectivity index (χ1v) is 7.63. The molecule has 0 radical (unpaired) electrons. The molecule has 2 aromatic rings. The summed E-state index contributed by atoms with van der Waals surface area (Å²) < 4.78 is 5.50. The van der Waals surface area contributed by atoms with Gasteiger partial charge in [-0.3, -0.25) is 4.90 Å². The maximum Gasteiger partial charge on any atom is 0.163 e. The van der Waals surface area contributed by atoms with E-state index in [-0.39, 0.29) is 6.04 Å². The van der Waals surface area contributed by atoms with Crippen LogP contribution in [0.3, 0.4) is 0 Å². The van der Waals surface area contributed by atoms with E-state index in [0.29, 0.717) is 12.4 Å². The Morgan fingerprint density at radius 1 is 1.26 bits per heavy atom. The predicted octanol–water partition coefficient (Wildman–Crippen LogP) is 3.35. The van der Waals surface area contributed by atoms with Gasteiger partial charge < -0.3 is 10.5 Å². The lowest BCUT2D eigenvalue weighted by Gasteiger charge is -2.33. The molecule has 0 fully saturated rings. The van der Waals surface area contributed by atoms with E-state index in [0.717, 1.165) is 28.5 Å². The van der Waals surface area contributed by atoms with Gasteiger partial charge in [-0.15, -0.1) is 0 Å². The normalized spacial score (nSPS) is 15.0. The molecule has 23 heavy (non-hydrogen) atoms. The van der Waals surface area contributed by atoms with Gasteiger partial charge in [-0.05, 0) is 50.2 Å². The molecule has 0 aliphatic carbocycles. The van der Waals surface area contributed by atoms with Crippen LogP contribution in [0, 0.1) is 0 Å². The number of ether oxygens (including phenoxy) is 1. The molecule has 1 aromatic heterocycles. The molecule has 0 saturated heterocycles. The Hall–Kier alpha value is -2.66. The third kappa shape index (κ3) is 2.83. The fourth-order valence-corrected chi connectivity index (χ4v) is 2.58. The van der Waals surface area contributed by atoms with Crippen molar-refractivity contribution in [1.82, 2.24) is 4.98 Å². The van der Waals surface area contributed by atoms with Crippen LogP contribution in [-0.2, 0) is 0 Å². The first-order valence-electron chi connectivity index (χ1n) is 7.63. The summed E-state index contributed by atoms with van der Waals surface area (Å²) in [6.07, 6.45) is 1.72. The van der Waals surface area contributed by atoms with E-state index in [1.807, 2.05) is 55.1 Å². The van der Waals surface area contributed by atoms with Crippen LogP contribution < -0.4 is 15.4 Å². The second kappa shape index (κ2) is 6.22. The third-order valence-corrected chi connectivity index (χ3v) is 3.63. The molecule has 2 heterocycles. The number of aromatic nitrogens is 1. The lowest BCUT2D eigenvalue weighted by atomic mass is 10.1. The van der Waals surface area contributed by atoms with Crippen LogP contribution in [0.5, 0.6) is 5.75 Å². The molecule has 3 rings (SSSR count). The summed E-state index contributed by atoms with van der Waals surface area (Å²) in [5.74, 6) is 2.22. The molecular formula is C18H20N4O. The summed E-state index contributed by atoms with van der Waals surface area (Å²) >= 11 is 0. The van der Waals surface area contributed by atoms with Gasteiger partial charge in [0, 0.05) is 17.4 Å². The van der Waals surface area contributed by atoms with Gasteiger partial charge in [0.1, 0.15) is 11.6 Å². The van der Waals surface area contributed by atoms with Crippen LogP contribution in [0.25, 0.3) is 5.70 Å². The van der Waals surface area contributed by atoms with E-state index in [1.54, 1.807) is 6.20 Å².